The SMILES string of the molecule is CC(C)(CCc1ccc(Cl)c(N(C(N)=S)c2cc(C(=O)NC3CCC(C(F)(F)F)CC3)c(OCC(F)F)nc2N)c1Cl)C(N)=O. The average molecular weight is 700 g/mol. The van der Waals surface area contributed by atoms with Crippen LogP contribution in [0, 0.1) is 11.3 Å². The summed E-state index contributed by atoms with van der Waals surface area (Å²) in [5, 5.41) is 2.45. The largest absolute Gasteiger partial charge is 0.471 e. The van der Waals surface area contributed by atoms with Gasteiger partial charge in [-0.25, -0.2) is 8.78 Å². The van der Waals surface area contributed by atoms with E-state index >= 15 is 0 Å². The molecule has 0 aliphatic heterocycles. The maximum absolute atomic E-state index is 13.4. The zero-order chi connectivity index (χ0) is 33.9. The van der Waals surface area contributed by atoms with Crippen LogP contribution in [0.4, 0.5) is 39.1 Å². The number of anilines is 3. The fraction of sp³-hybridized carbons (Fsp3) is 0.500. The third kappa shape index (κ3) is 8.97. The van der Waals surface area contributed by atoms with Gasteiger partial charge in [-0.3, -0.25) is 14.5 Å². The van der Waals surface area contributed by atoms with Gasteiger partial charge >= 0.3 is 6.18 Å². The first-order chi connectivity index (χ1) is 20.8. The lowest BCUT2D eigenvalue weighted by molar-refractivity contribution is -0.182. The van der Waals surface area contributed by atoms with Crippen molar-refractivity contribution in [1.82, 2.24) is 10.3 Å². The first-order valence-corrected chi connectivity index (χ1v) is 14.9. The summed E-state index contributed by atoms with van der Waals surface area (Å²) in [4.78, 5) is 30.4. The number of benzene rings is 1. The summed E-state index contributed by atoms with van der Waals surface area (Å²) in [7, 11) is 0. The predicted molar refractivity (Wildman–Crippen MR) is 166 cm³/mol. The van der Waals surface area contributed by atoms with E-state index in [1.54, 1.807) is 19.9 Å². The molecule has 1 aromatic carbocycles. The molecule has 45 heavy (non-hydrogen) atoms. The minimum atomic E-state index is -4.34. The van der Waals surface area contributed by atoms with Crippen LogP contribution in [0.25, 0.3) is 0 Å². The highest BCUT2D eigenvalue weighted by atomic mass is 35.5. The van der Waals surface area contributed by atoms with E-state index in [0.717, 1.165) is 11.0 Å². The van der Waals surface area contributed by atoms with E-state index in [1.807, 2.05) is 0 Å². The number of hydrogen-bond acceptors (Lipinski definition) is 6. The number of alkyl halides is 5. The number of nitrogen functional groups attached to an aromatic ring is 1. The number of primary amides is 1. The lowest BCUT2D eigenvalue weighted by atomic mass is 9.85. The molecular weight excluding hydrogens is 666 g/mol. The second-order valence-electron chi connectivity index (χ2n) is 11.3. The Morgan fingerprint density at radius 2 is 1.78 bits per heavy atom. The van der Waals surface area contributed by atoms with Gasteiger partial charge in [-0.05, 0) is 68.4 Å². The molecule has 1 heterocycles. The van der Waals surface area contributed by atoms with Crippen LogP contribution in [0.15, 0.2) is 18.2 Å². The number of nitrogens with one attached hydrogen (secondary N) is 1. The van der Waals surface area contributed by atoms with Gasteiger partial charge in [-0.1, -0.05) is 43.1 Å². The number of carbonyl (C=O) groups excluding carboxylic acids is 2. The minimum Gasteiger partial charge on any atom is -0.471 e. The normalized spacial score (nSPS) is 17.2. The van der Waals surface area contributed by atoms with Crippen LogP contribution >= 0.6 is 35.4 Å². The number of aromatic nitrogens is 1. The summed E-state index contributed by atoms with van der Waals surface area (Å²) in [6, 6.07) is 3.67. The van der Waals surface area contributed by atoms with E-state index < -0.39 is 54.3 Å². The molecule has 0 atom stereocenters. The van der Waals surface area contributed by atoms with Crippen LogP contribution in [0.1, 0.15) is 61.9 Å². The Morgan fingerprint density at radius 3 is 2.31 bits per heavy atom. The number of nitrogens with zero attached hydrogens (tertiary/aromatic N) is 2. The van der Waals surface area contributed by atoms with Gasteiger partial charge in [0.15, 0.2) is 17.5 Å². The summed E-state index contributed by atoms with van der Waals surface area (Å²) in [6.45, 7) is 2.24. The molecule has 0 bridgehead atoms. The molecule has 2 amide bonds. The third-order valence-electron chi connectivity index (χ3n) is 7.63. The van der Waals surface area contributed by atoms with Crippen molar-refractivity contribution in [2.75, 3.05) is 17.2 Å². The van der Waals surface area contributed by atoms with E-state index in [2.05, 4.69) is 10.3 Å². The summed E-state index contributed by atoms with van der Waals surface area (Å²) >= 11 is 18.6. The molecule has 3 rings (SSSR count). The summed E-state index contributed by atoms with van der Waals surface area (Å²) in [5.74, 6) is -3.73. The molecule has 17 heteroatoms. The molecule has 1 aliphatic carbocycles. The second-order valence-corrected chi connectivity index (χ2v) is 12.5. The number of halogens is 7. The van der Waals surface area contributed by atoms with Crippen molar-refractivity contribution in [2.24, 2.45) is 22.8 Å². The van der Waals surface area contributed by atoms with Gasteiger partial charge in [0.1, 0.15) is 5.56 Å². The first kappa shape index (κ1) is 36.3. The number of amides is 2. The van der Waals surface area contributed by atoms with Crippen molar-refractivity contribution in [2.45, 2.75) is 71.0 Å². The lowest BCUT2D eigenvalue weighted by Gasteiger charge is -2.31. The van der Waals surface area contributed by atoms with E-state index in [0.29, 0.717) is 18.4 Å². The number of aryl methyl sites for hydroxylation is 1. The second kappa shape index (κ2) is 14.5. The summed E-state index contributed by atoms with van der Waals surface area (Å²) in [5.41, 5.74) is 17.0. The average Bonchev–Trinajstić information content (AvgIpc) is 2.93. The zero-order valence-corrected chi connectivity index (χ0v) is 26.6. The van der Waals surface area contributed by atoms with Gasteiger partial charge in [0.25, 0.3) is 12.3 Å². The highest BCUT2D eigenvalue weighted by molar-refractivity contribution is 7.80. The molecule has 1 fully saturated rings. The standard InChI is InChI=1S/C28H33Cl2F5N6O3S/c1-27(2,25(37)43)10-9-13-3-8-17(29)21(20(13)30)41(26(38)45)18-11-16(24(40-22(18)36)44-12-19(31)32)23(42)39-15-6-4-14(5-7-15)28(33,34)35/h3,8,11,14-15,19H,4-7,9-10,12H2,1-2H3,(H2,36,40)(H2,37,43)(H2,38,45)(H,39,42). The van der Waals surface area contributed by atoms with Gasteiger partial charge in [-0.15, -0.1) is 0 Å². The van der Waals surface area contributed by atoms with Gasteiger partial charge in [-0.2, -0.15) is 18.2 Å². The molecular formula is C28H33Cl2F5N6O3S. The van der Waals surface area contributed by atoms with Crippen LogP contribution in [0.2, 0.25) is 10.0 Å². The number of rotatable bonds is 11. The Morgan fingerprint density at radius 1 is 1.16 bits per heavy atom. The van der Waals surface area contributed by atoms with Crippen molar-refractivity contribution < 1.29 is 36.3 Å². The molecule has 0 saturated heterocycles. The third-order valence-corrected chi connectivity index (χ3v) is 8.54. The number of nitrogens with two attached hydrogens (primary N) is 3. The monoisotopic (exact) mass is 698 g/mol. The Balaban J connectivity index is 2.04. The van der Waals surface area contributed by atoms with Crippen molar-refractivity contribution in [3.63, 3.8) is 0 Å². The number of ether oxygens (including phenoxy) is 1. The number of pyridine rings is 1. The number of carbonyl (C=O) groups is 2. The lowest BCUT2D eigenvalue weighted by Crippen LogP contribution is -2.40. The van der Waals surface area contributed by atoms with Crippen molar-refractivity contribution in [3.8, 4) is 5.88 Å². The fourth-order valence-electron chi connectivity index (χ4n) is 4.82. The highest BCUT2D eigenvalue weighted by Crippen LogP contribution is 2.44. The molecule has 0 radical (unpaired) electrons. The van der Waals surface area contributed by atoms with Crippen molar-refractivity contribution in [1.29, 1.82) is 0 Å². The van der Waals surface area contributed by atoms with E-state index in [4.69, 9.17) is 57.4 Å². The predicted octanol–water partition coefficient (Wildman–Crippen LogP) is 6.29. The van der Waals surface area contributed by atoms with Crippen molar-refractivity contribution >= 4 is 69.5 Å². The molecule has 1 aromatic heterocycles. The van der Waals surface area contributed by atoms with Crippen LogP contribution in [-0.2, 0) is 11.2 Å². The van der Waals surface area contributed by atoms with Gasteiger partial charge in [0.05, 0.1) is 27.3 Å². The maximum atomic E-state index is 13.4. The molecule has 1 aliphatic rings. The molecule has 2 aromatic rings. The van der Waals surface area contributed by atoms with Gasteiger partial charge < -0.3 is 27.3 Å². The zero-order valence-electron chi connectivity index (χ0n) is 24.3. The van der Waals surface area contributed by atoms with E-state index in [-0.39, 0.29) is 63.6 Å². The van der Waals surface area contributed by atoms with E-state index in [9.17, 15) is 31.5 Å². The maximum Gasteiger partial charge on any atom is 0.391 e. The van der Waals surface area contributed by atoms with Crippen LogP contribution in [-0.4, -0.2) is 47.2 Å². The van der Waals surface area contributed by atoms with Gasteiger partial charge in [0.2, 0.25) is 11.8 Å². The molecule has 1 saturated carbocycles. The molecule has 0 unspecified atom stereocenters. The Hall–Kier alpha value is -3.17. The van der Waals surface area contributed by atoms with Crippen LogP contribution < -0.4 is 32.2 Å². The number of hydrogen-bond donors (Lipinski definition) is 4. The molecule has 248 valence electrons. The van der Waals surface area contributed by atoms with Gasteiger partial charge in [0, 0.05) is 11.5 Å². The number of thiocarbonyl (C=S) groups is 1. The summed E-state index contributed by atoms with van der Waals surface area (Å²) < 4.78 is 70.5. The Kier molecular flexibility index (Phi) is 11.7. The quantitative estimate of drug-likeness (QED) is 0.158. The van der Waals surface area contributed by atoms with Crippen molar-refractivity contribution in [3.05, 3.63) is 39.4 Å². The fourth-order valence-corrected chi connectivity index (χ4v) is 5.65. The first-order valence-electron chi connectivity index (χ1n) is 13.8. The Bertz CT molecular complexity index is 1440. The summed E-state index contributed by atoms with van der Waals surface area (Å²) in [6.07, 6.45) is -6.93. The van der Waals surface area contributed by atoms with E-state index in [1.165, 1.54) is 6.07 Å². The molecule has 7 N–H and O–H groups in total. The smallest absolute Gasteiger partial charge is 0.391 e. The highest BCUT2D eigenvalue weighted by Gasteiger charge is 2.41. The molecule has 9 nitrogen and oxygen atoms in total. The molecule has 0 spiro atoms. The topological polar surface area (TPSA) is 150 Å². The Labute approximate surface area is 271 Å². The van der Waals surface area contributed by atoms with Crippen LogP contribution in [0.3, 0.4) is 0 Å². The minimum absolute atomic E-state index is 0.0436. The van der Waals surface area contributed by atoms with Crippen LogP contribution in [0.5, 0.6) is 5.88 Å².